The molecule has 1 heterocycles. The minimum absolute atomic E-state index is 0. The molecule has 0 aliphatic carbocycles. The van der Waals surface area contributed by atoms with Gasteiger partial charge in [0, 0.05) is 12.6 Å². The lowest BCUT2D eigenvalue weighted by molar-refractivity contribution is 0.0928. The zero-order valence-corrected chi connectivity index (χ0v) is 15.9. The number of nitrogens with two attached hydrogens (primary N) is 1. The maximum absolute atomic E-state index is 13.3. The number of rotatable bonds is 6. The van der Waals surface area contributed by atoms with E-state index in [4.69, 9.17) is 17.3 Å². The second kappa shape index (κ2) is 9.12. The Balaban J connectivity index is 0.00000312. The normalized spacial score (nSPS) is 12.0. The summed E-state index contributed by atoms with van der Waals surface area (Å²) in [6.45, 7) is 6.19. The van der Waals surface area contributed by atoms with Gasteiger partial charge in [-0.3, -0.25) is 4.79 Å². The molecule has 0 fully saturated rings. The summed E-state index contributed by atoms with van der Waals surface area (Å²) in [5, 5.41) is 10.8. The van der Waals surface area contributed by atoms with Crippen LogP contribution in [0.5, 0.6) is 0 Å². The quantitative estimate of drug-likeness (QED) is 0.794. The molecule has 1 unspecified atom stereocenters. The van der Waals surface area contributed by atoms with Gasteiger partial charge < -0.3 is 11.1 Å². The van der Waals surface area contributed by atoms with Gasteiger partial charge in [0.1, 0.15) is 5.82 Å². The van der Waals surface area contributed by atoms with Crippen molar-refractivity contribution in [1.82, 2.24) is 20.3 Å². The Morgan fingerprint density at radius 1 is 1.44 bits per heavy atom. The molecule has 0 spiro atoms. The molecule has 1 amide bonds. The number of nitrogens with zero attached hydrogens (tertiary/aromatic N) is 3. The Morgan fingerprint density at radius 2 is 2.12 bits per heavy atom. The average molecular weight is 390 g/mol. The molecule has 25 heavy (non-hydrogen) atoms. The lowest BCUT2D eigenvalue weighted by Crippen LogP contribution is -2.41. The van der Waals surface area contributed by atoms with Crippen LogP contribution < -0.4 is 11.1 Å². The standard InChI is InChI=1S/C16H21ClFN5O.ClH/c1-9(2)6-11(8-19)20-16(24)15-10(3)23(22-21-15)12-4-5-14(18)13(17)7-12;/h4-5,7,9,11H,6,8,19H2,1-3H3,(H,20,24);1H. The average Bonchev–Trinajstić information content (AvgIpc) is 2.90. The van der Waals surface area contributed by atoms with E-state index in [0.29, 0.717) is 23.8 Å². The van der Waals surface area contributed by atoms with Gasteiger partial charge in [-0.2, -0.15) is 0 Å². The predicted octanol–water partition coefficient (Wildman–Crippen LogP) is 2.89. The first-order valence-corrected chi connectivity index (χ1v) is 8.10. The van der Waals surface area contributed by atoms with Crippen LogP contribution in [0.2, 0.25) is 5.02 Å². The van der Waals surface area contributed by atoms with Gasteiger partial charge in [0.15, 0.2) is 5.69 Å². The molecule has 0 saturated carbocycles. The maximum atomic E-state index is 13.3. The molecule has 3 N–H and O–H groups in total. The molecule has 2 aromatic rings. The van der Waals surface area contributed by atoms with E-state index in [1.54, 1.807) is 6.92 Å². The first kappa shape index (κ1) is 21.3. The highest BCUT2D eigenvalue weighted by molar-refractivity contribution is 6.30. The summed E-state index contributed by atoms with van der Waals surface area (Å²) in [6, 6.07) is 4.07. The minimum Gasteiger partial charge on any atom is -0.347 e. The van der Waals surface area contributed by atoms with E-state index < -0.39 is 5.82 Å². The molecule has 1 atom stereocenters. The van der Waals surface area contributed by atoms with Crippen molar-refractivity contribution in [2.45, 2.75) is 33.2 Å². The van der Waals surface area contributed by atoms with E-state index in [1.165, 1.54) is 22.9 Å². The molecule has 0 radical (unpaired) electrons. The summed E-state index contributed by atoms with van der Waals surface area (Å²) in [5.41, 5.74) is 6.98. The van der Waals surface area contributed by atoms with Gasteiger partial charge in [0.2, 0.25) is 0 Å². The van der Waals surface area contributed by atoms with Crippen molar-refractivity contribution in [3.8, 4) is 5.69 Å². The fraction of sp³-hybridized carbons (Fsp3) is 0.438. The first-order valence-electron chi connectivity index (χ1n) is 7.72. The number of hydrogen-bond donors (Lipinski definition) is 2. The highest BCUT2D eigenvalue weighted by Crippen LogP contribution is 2.20. The summed E-state index contributed by atoms with van der Waals surface area (Å²) in [4.78, 5) is 12.4. The molecule has 9 heteroatoms. The fourth-order valence-corrected chi connectivity index (χ4v) is 2.61. The smallest absolute Gasteiger partial charge is 0.274 e. The van der Waals surface area contributed by atoms with Gasteiger partial charge in [0.25, 0.3) is 5.91 Å². The van der Waals surface area contributed by atoms with Crippen molar-refractivity contribution >= 4 is 29.9 Å². The van der Waals surface area contributed by atoms with Gasteiger partial charge in [-0.05, 0) is 37.5 Å². The zero-order valence-electron chi connectivity index (χ0n) is 14.3. The molecule has 6 nitrogen and oxygen atoms in total. The van der Waals surface area contributed by atoms with E-state index in [0.717, 1.165) is 6.42 Å². The predicted molar refractivity (Wildman–Crippen MR) is 98.1 cm³/mol. The number of amides is 1. The minimum atomic E-state index is -0.518. The van der Waals surface area contributed by atoms with Gasteiger partial charge in [-0.25, -0.2) is 9.07 Å². The van der Waals surface area contributed by atoms with Crippen LogP contribution in [0.15, 0.2) is 18.2 Å². The third-order valence-electron chi connectivity index (χ3n) is 3.63. The third-order valence-corrected chi connectivity index (χ3v) is 3.92. The summed E-state index contributed by atoms with van der Waals surface area (Å²) in [5.74, 6) is -0.435. The summed E-state index contributed by atoms with van der Waals surface area (Å²) in [6.07, 6.45) is 0.781. The van der Waals surface area contributed by atoms with Crippen molar-refractivity contribution in [2.75, 3.05) is 6.54 Å². The molecule has 2 rings (SSSR count). The molecule has 0 aliphatic rings. The fourth-order valence-electron chi connectivity index (χ4n) is 2.44. The lowest BCUT2D eigenvalue weighted by atomic mass is 10.0. The number of benzene rings is 1. The second-order valence-corrected chi connectivity index (χ2v) is 6.48. The van der Waals surface area contributed by atoms with Crippen molar-refractivity contribution < 1.29 is 9.18 Å². The highest BCUT2D eigenvalue weighted by Gasteiger charge is 2.20. The van der Waals surface area contributed by atoms with E-state index in [-0.39, 0.29) is 35.1 Å². The van der Waals surface area contributed by atoms with Crippen LogP contribution in [0.1, 0.15) is 36.5 Å². The topological polar surface area (TPSA) is 85.8 Å². The van der Waals surface area contributed by atoms with Crippen molar-refractivity contribution in [3.63, 3.8) is 0 Å². The van der Waals surface area contributed by atoms with Crippen molar-refractivity contribution in [1.29, 1.82) is 0 Å². The van der Waals surface area contributed by atoms with Gasteiger partial charge in [-0.15, -0.1) is 17.5 Å². The SMILES string of the molecule is Cc1c(C(=O)NC(CN)CC(C)C)nnn1-c1ccc(F)c(Cl)c1.Cl. The van der Waals surface area contributed by atoms with Gasteiger partial charge in [-0.1, -0.05) is 30.7 Å². The van der Waals surface area contributed by atoms with Crippen LogP contribution >= 0.6 is 24.0 Å². The molecule has 1 aromatic carbocycles. The van der Waals surface area contributed by atoms with Crippen molar-refractivity contribution in [2.24, 2.45) is 11.7 Å². The van der Waals surface area contributed by atoms with Crippen LogP contribution in [0.3, 0.4) is 0 Å². The van der Waals surface area contributed by atoms with E-state index in [1.807, 2.05) is 0 Å². The number of nitrogens with one attached hydrogen (secondary N) is 1. The Morgan fingerprint density at radius 3 is 2.68 bits per heavy atom. The van der Waals surface area contributed by atoms with E-state index >= 15 is 0 Å². The van der Waals surface area contributed by atoms with E-state index in [2.05, 4.69) is 29.5 Å². The molecular weight excluding hydrogens is 368 g/mol. The maximum Gasteiger partial charge on any atom is 0.274 e. The second-order valence-electron chi connectivity index (χ2n) is 6.07. The molecule has 0 bridgehead atoms. The Bertz CT molecular complexity index is 735. The van der Waals surface area contributed by atoms with Crippen LogP contribution in [0.25, 0.3) is 5.69 Å². The van der Waals surface area contributed by atoms with Crippen molar-refractivity contribution in [3.05, 3.63) is 40.4 Å². The van der Waals surface area contributed by atoms with Gasteiger partial charge in [0.05, 0.1) is 16.4 Å². The number of aromatic nitrogens is 3. The number of carbonyl (C=O) groups excluding carboxylic acids is 1. The Hall–Kier alpha value is -1.70. The first-order chi connectivity index (χ1) is 11.3. The molecule has 1 aromatic heterocycles. The number of carbonyl (C=O) groups is 1. The third kappa shape index (κ3) is 5.14. The largest absolute Gasteiger partial charge is 0.347 e. The lowest BCUT2D eigenvalue weighted by Gasteiger charge is -2.18. The van der Waals surface area contributed by atoms with Crippen LogP contribution in [-0.4, -0.2) is 33.5 Å². The van der Waals surface area contributed by atoms with Gasteiger partial charge >= 0.3 is 0 Å². The van der Waals surface area contributed by atoms with Crippen LogP contribution in [0, 0.1) is 18.7 Å². The summed E-state index contributed by atoms with van der Waals surface area (Å²) in [7, 11) is 0. The summed E-state index contributed by atoms with van der Waals surface area (Å²) < 4.78 is 14.7. The summed E-state index contributed by atoms with van der Waals surface area (Å²) >= 11 is 5.79. The molecular formula is C16H22Cl2FN5O. The van der Waals surface area contributed by atoms with E-state index in [9.17, 15) is 9.18 Å². The molecule has 138 valence electrons. The number of hydrogen-bond acceptors (Lipinski definition) is 4. The van der Waals surface area contributed by atoms with Crippen LogP contribution in [-0.2, 0) is 0 Å². The number of halogens is 3. The Labute approximate surface area is 157 Å². The zero-order chi connectivity index (χ0) is 17.9. The van der Waals surface area contributed by atoms with Crippen LogP contribution in [0.4, 0.5) is 4.39 Å². The highest BCUT2D eigenvalue weighted by atomic mass is 35.5. The Kier molecular flexibility index (Phi) is 7.79. The monoisotopic (exact) mass is 389 g/mol. The molecule has 0 aliphatic heterocycles. The molecule has 0 saturated heterocycles.